The summed E-state index contributed by atoms with van der Waals surface area (Å²) in [6, 6.07) is 2.78. The number of phenols is 1. The summed E-state index contributed by atoms with van der Waals surface area (Å²) >= 11 is 0. The Morgan fingerprint density at radius 3 is 2.75 bits per heavy atom. The Labute approximate surface area is 71.0 Å². The van der Waals surface area contributed by atoms with Gasteiger partial charge in [-0.1, -0.05) is 0 Å². The van der Waals surface area contributed by atoms with E-state index in [9.17, 15) is 4.39 Å². The molecule has 0 aliphatic heterocycles. The molecule has 12 heavy (non-hydrogen) atoms. The van der Waals surface area contributed by atoms with Crippen LogP contribution in [0.2, 0.25) is 0 Å². The fourth-order valence-electron chi connectivity index (χ4n) is 1.09. The highest BCUT2D eigenvalue weighted by molar-refractivity contribution is 5.35. The van der Waals surface area contributed by atoms with E-state index < -0.39 is 5.82 Å². The van der Waals surface area contributed by atoms with Crippen LogP contribution in [0, 0.1) is 12.7 Å². The number of hydrogen-bond donors (Lipinski definition) is 2. The van der Waals surface area contributed by atoms with Gasteiger partial charge in [0.1, 0.15) is 0 Å². The minimum Gasteiger partial charge on any atom is -0.505 e. The van der Waals surface area contributed by atoms with Gasteiger partial charge in [0.25, 0.3) is 0 Å². The van der Waals surface area contributed by atoms with Crippen LogP contribution in [0.15, 0.2) is 12.1 Å². The molecule has 0 bridgehead atoms. The third-order valence-electron chi connectivity index (χ3n) is 1.77. The van der Waals surface area contributed by atoms with Crippen molar-refractivity contribution < 1.29 is 9.50 Å². The first kappa shape index (κ1) is 9.00. The maximum atomic E-state index is 12.7. The molecule has 0 saturated heterocycles. The average Bonchev–Trinajstić information content (AvgIpc) is 2.01. The Morgan fingerprint density at radius 2 is 2.17 bits per heavy atom. The van der Waals surface area contributed by atoms with Crippen LogP contribution in [0.1, 0.15) is 11.1 Å². The van der Waals surface area contributed by atoms with Gasteiger partial charge in [-0.2, -0.15) is 0 Å². The second-order valence-corrected chi connectivity index (χ2v) is 2.76. The fraction of sp³-hybridized carbons (Fsp3) is 0.333. The molecular weight excluding hydrogens is 157 g/mol. The molecule has 2 N–H and O–H groups in total. The zero-order valence-electron chi connectivity index (χ0n) is 7.19. The number of aryl methyl sites for hydroxylation is 1. The van der Waals surface area contributed by atoms with Gasteiger partial charge in [0.05, 0.1) is 0 Å². The fourth-order valence-corrected chi connectivity index (χ4v) is 1.09. The van der Waals surface area contributed by atoms with Crippen LogP contribution in [0.5, 0.6) is 5.75 Å². The molecule has 3 heteroatoms. The Kier molecular flexibility index (Phi) is 2.65. The first-order valence-electron chi connectivity index (χ1n) is 3.77. The van der Waals surface area contributed by atoms with Crippen molar-refractivity contribution in [1.29, 1.82) is 0 Å². The molecule has 0 fully saturated rings. The Bertz CT molecular complexity index is 286. The number of nitrogens with one attached hydrogen (secondary N) is 1. The zero-order valence-corrected chi connectivity index (χ0v) is 7.19. The number of halogens is 1. The second-order valence-electron chi connectivity index (χ2n) is 2.76. The predicted molar refractivity (Wildman–Crippen MR) is 45.6 cm³/mol. The summed E-state index contributed by atoms with van der Waals surface area (Å²) in [6.45, 7) is 2.45. The highest BCUT2D eigenvalue weighted by Gasteiger charge is 2.04. The molecule has 0 aliphatic carbocycles. The van der Waals surface area contributed by atoms with Gasteiger partial charge in [0.15, 0.2) is 11.6 Å². The van der Waals surface area contributed by atoms with Crippen LogP contribution in [0.25, 0.3) is 0 Å². The van der Waals surface area contributed by atoms with E-state index in [-0.39, 0.29) is 5.75 Å². The summed E-state index contributed by atoms with van der Waals surface area (Å²) in [5, 5.41) is 12.0. The number of benzene rings is 1. The Hall–Kier alpha value is -1.09. The lowest BCUT2D eigenvalue weighted by atomic mass is 10.1. The largest absolute Gasteiger partial charge is 0.505 e. The monoisotopic (exact) mass is 169 g/mol. The van der Waals surface area contributed by atoms with E-state index in [1.54, 1.807) is 7.05 Å². The minimum atomic E-state index is -0.563. The third kappa shape index (κ3) is 1.74. The lowest BCUT2D eigenvalue weighted by molar-refractivity contribution is 0.431. The molecular formula is C9H12FNO. The highest BCUT2D eigenvalue weighted by Crippen LogP contribution is 2.20. The van der Waals surface area contributed by atoms with Crippen molar-refractivity contribution in [3.8, 4) is 5.75 Å². The quantitative estimate of drug-likeness (QED) is 0.704. The normalized spacial score (nSPS) is 10.2. The van der Waals surface area contributed by atoms with Crippen molar-refractivity contribution in [2.24, 2.45) is 0 Å². The predicted octanol–water partition coefficient (Wildman–Crippen LogP) is 1.56. The van der Waals surface area contributed by atoms with Crippen molar-refractivity contribution >= 4 is 0 Å². The molecule has 2 nitrogen and oxygen atoms in total. The van der Waals surface area contributed by atoms with Crippen LogP contribution in [0.3, 0.4) is 0 Å². The molecule has 66 valence electrons. The molecule has 0 aliphatic rings. The molecule has 0 saturated carbocycles. The van der Waals surface area contributed by atoms with Crippen molar-refractivity contribution in [2.45, 2.75) is 13.5 Å². The molecule has 0 unspecified atom stereocenters. The lowest BCUT2D eigenvalue weighted by Crippen LogP contribution is -2.06. The summed E-state index contributed by atoms with van der Waals surface area (Å²) < 4.78 is 12.7. The van der Waals surface area contributed by atoms with Crippen LogP contribution in [-0.4, -0.2) is 12.2 Å². The van der Waals surface area contributed by atoms with E-state index in [1.807, 2.05) is 6.92 Å². The summed E-state index contributed by atoms with van der Waals surface area (Å²) in [7, 11) is 1.81. The summed E-state index contributed by atoms with van der Waals surface area (Å²) in [5.41, 5.74) is 1.76. The summed E-state index contributed by atoms with van der Waals surface area (Å²) in [5.74, 6) is -0.849. The third-order valence-corrected chi connectivity index (χ3v) is 1.77. The van der Waals surface area contributed by atoms with Gasteiger partial charge >= 0.3 is 0 Å². The van der Waals surface area contributed by atoms with Crippen LogP contribution < -0.4 is 5.32 Å². The van der Waals surface area contributed by atoms with Gasteiger partial charge in [0, 0.05) is 6.54 Å². The summed E-state index contributed by atoms with van der Waals surface area (Å²) in [4.78, 5) is 0. The van der Waals surface area contributed by atoms with Crippen molar-refractivity contribution in [3.05, 3.63) is 29.1 Å². The van der Waals surface area contributed by atoms with Crippen molar-refractivity contribution in [2.75, 3.05) is 7.05 Å². The van der Waals surface area contributed by atoms with Gasteiger partial charge in [-0.05, 0) is 37.2 Å². The topological polar surface area (TPSA) is 32.3 Å². The minimum absolute atomic E-state index is 0.286. The van der Waals surface area contributed by atoms with Gasteiger partial charge < -0.3 is 10.4 Å². The number of rotatable bonds is 2. The molecule has 1 rings (SSSR count). The van der Waals surface area contributed by atoms with Gasteiger partial charge in [-0.15, -0.1) is 0 Å². The Morgan fingerprint density at radius 1 is 1.50 bits per heavy atom. The molecule has 0 spiro atoms. The van der Waals surface area contributed by atoms with Gasteiger partial charge in [-0.3, -0.25) is 0 Å². The lowest BCUT2D eigenvalue weighted by Gasteiger charge is -2.05. The van der Waals surface area contributed by atoms with E-state index in [1.165, 1.54) is 12.1 Å². The number of aromatic hydroxyl groups is 1. The Balaban J connectivity index is 3.05. The number of phenolic OH excluding ortho intramolecular Hbond substituents is 1. The first-order valence-corrected chi connectivity index (χ1v) is 3.77. The molecule has 1 aromatic rings. The van der Waals surface area contributed by atoms with Crippen molar-refractivity contribution in [1.82, 2.24) is 5.32 Å². The smallest absolute Gasteiger partial charge is 0.165 e. The summed E-state index contributed by atoms with van der Waals surface area (Å²) in [6.07, 6.45) is 0. The molecule has 0 heterocycles. The van der Waals surface area contributed by atoms with Gasteiger partial charge in [-0.25, -0.2) is 4.39 Å². The second kappa shape index (κ2) is 3.54. The van der Waals surface area contributed by atoms with Gasteiger partial charge in [0.2, 0.25) is 0 Å². The van der Waals surface area contributed by atoms with E-state index in [2.05, 4.69) is 5.32 Å². The molecule has 0 radical (unpaired) electrons. The molecule has 0 aromatic heterocycles. The van der Waals surface area contributed by atoms with E-state index in [0.717, 1.165) is 11.1 Å². The van der Waals surface area contributed by atoms with Crippen LogP contribution in [0.4, 0.5) is 4.39 Å². The average molecular weight is 169 g/mol. The SMILES string of the molecule is CNCc1cc(O)c(F)cc1C. The molecule has 0 atom stereocenters. The number of hydrogen-bond acceptors (Lipinski definition) is 2. The maximum Gasteiger partial charge on any atom is 0.165 e. The van der Waals surface area contributed by atoms with Crippen LogP contribution in [-0.2, 0) is 6.54 Å². The maximum absolute atomic E-state index is 12.7. The zero-order chi connectivity index (χ0) is 9.14. The van der Waals surface area contributed by atoms with Crippen molar-refractivity contribution in [3.63, 3.8) is 0 Å². The van der Waals surface area contributed by atoms with E-state index in [4.69, 9.17) is 5.11 Å². The standard InChI is InChI=1S/C9H12FNO/c1-6-3-8(10)9(12)4-7(6)5-11-2/h3-4,11-12H,5H2,1-2H3. The van der Waals surface area contributed by atoms with Crippen LogP contribution >= 0.6 is 0 Å². The van der Waals surface area contributed by atoms with E-state index in [0.29, 0.717) is 6.54 Å². The van der Waals surface area contributed by atoms with E-state index >= 15 is 0 Å². The highest BCUT2D eigenvalue weighted by atomic mass is 19.1. The first-order chi connectivity index (χ1) is 5.65. The molecule has 0 amide bonds. The molecule has 1 aromatic carbocycles.